The van der Waals surface area contributed by atoms with E-state index in [1.165, 1.54) is 32.1 Å². The Morgan fingerprint density at radius 2 is 1.87 bits per heavy atom. The summed E-state index contributed by atoms with van der Waals surface area (Å²) in [6.07, 6.45) is 6.48. The molecule has 0 aromatic rings. The molecule has 1 aliphatic heterocycles. The lowest BCUT2D eigenvalue weighted by atomic mass is 10.1. The van der Waals surface area contributed by atoms with Gasteiger partial charge in [-0.2, -0.15) is 0 Å². The first kappa shape index (κ1) is 12.8. The number of hydrogen-bond acceptors (Lipinski definition) is 3. The monoisotopic (exact) mass is 229 g/mol. The molecule has 0 spiro atoms. The molecule has 1 heterocycles. The number of amidine groups is 1. The van der Waals surface area contributed by atoms with Gasteiger partial charge in [0.1, 0.15) is 0 Å². The number of aliphatic imine (C=N–C) groups is 1. The van der Waals surface area contributed by atoms with E-state index in [0.717, 1.165) is 17.5 Å². The lowest BCUT2D eigenvalue weighted by Gasteiger charge is -2.22. The van der Waals surface area contributed by atoms with Crippen LogP contribution in [0, 0.1) is 0 Å². The van der Waals surface area contributed by atoms with Crippen molar-refractivity contribution in [2.45, 2.75) is 52.0 Å². The Kier molecular flexibility index (Phi) is 6.10. The van der Waals surface area contributed by atoms with Crippen molar-refractivity contribution < 1.29 is 0 Å². The second kappa shape index (κ2) is 7.12. The van der Waals surface area contributed by atoms with Crippen molar-refractivity contribution in [3.63, 3.8) is 0 Å². The molecule has 2 N–H and O–H groups in total. The van der Waals surface area contributed by atoms with Crippen molar-refractivity contribution in [3.05, 3.63) is 0 Å². The van der Waals surface area contributed by atoms with Gasteiger partial charge in [-0.1, -0.05) is 31.0 Å². The zero-order valence-electron chi connectivity index (χ0n) is 9.91. The van der Waals surface area contributed by atoms with E-state index >= 15 is 0 Å². The zero-order valence-corrected chi connectivity index (χ0v) is 10.7. The van der Waals surface area contributed by atoms with Crippen molar-refractivity contribution in [1.82, 2.24) is 5.01 Å². The van der Waals surface area contributed by atoms with Gasteiger partial charge in [0.15, 0.2) is 5.17 Å². The Bertz CT molecular complexity index is 204. The third-order valence-corrected chi connectivity index (χ3v) is 3.48. The van der Waals surface area contributed by atoms with Gasteiger partial charge in [-0.3, -0.25) is 10.0 Å². The summed E-state index contributed by atoms with van der Waals surface area (Å²) in [4.78, 5) is 4.57. The van der Waals surface area contributed by atoms with Gasteiger partial charge in [-0.25, -0.2) is 5.84 Å². The van der Waals surface area contributed by atoms with E-state index in [4.69, 9.17) is 5.84 Å². The van der Waals surface area contributed by atoms with Crippen molar-refractivity contribution in [1.29, 1.82) is 0 Å². The first-order chi connectivity index (χ1) is 7.20. The van der Waals surface area contributed by atoms with Crippen LogP contribution in [-0.4, -0.2) is 28.5 Å². The minimum absolute atomic E-state index is 0.335. The van der Waals surface area contributed by atoms with Crippen LogP contribution in [0.4, 0.5) is 0 Å². The maximum absolute atomic E-state index is 6.00. The van der Waals surface area contributed by atoms with Gasteiger partial charge >= 0.3 is 0 Å². The smallest absolute Gasteiger partial charge is 0.173 e. The van der Waals surface area contributed by atoms with Crippen LogP contribution in [0.25, 0.3) is 0 Å². The molecule has 1 fully saturated rings. The molecule has 1 saturated heterocycles. The number of nitrogens with two attached hydrogens (primary N) is 1. The summed E-state index contributed by atoms with van der Waals surface area (Å²) < 4.78 is 0. The molecule has 3 nitrogen and oxygen atoms in total. The molecule has 1 rings (SSSR count). The van der Waals surface area contributed by atoms with E-state index in [0.29, 0.717) is 6.04 Å². The maximum atomic E-state index is 6.00. The molecule has 88 valence electrons. The number of hydrogen-bond donors (Lipinski definition) is 1. The van der Waals surface area contributed by atoms with Crippen LogP contribution in [0.1, 0.15) is 46.0 Å². The molecule has 15 heavy (non-hydrogen) atoms. The number of hydrazine groups is 1. The van der Waals surface area contributed by atoms with Crippen LogP contribution >= 0.6 is 11.8 Å². The number of nitrogens with zero attached hydrogens (tertiary/aromatic N) is 2. The van der Waals surface area contributed by atoms with Crippen LogP contribution in [0.5, 0.6) is 0 Å². The average molecular weight is 229 g/mol. The number of thioether (sulfide) groups is 1. The van der Waals surface area contributed by atoms with Gasteiger partial charge in [-0.05, 0) is 26.7 Å². The van der Waals surface area contributed by atoms with Crippen molar-refractivity contribution in [3.8, 4) is 0 Å². The summed E-state index contributed by atoms with van der Waals surface area (Å²) in [5.74, 6) is 7.15. The third kappa shape index (κ3) is 5.42. The molecule has 4 heteroatoms. The van der Waals surface area contributed by atoms with E-state index in [-0.39, 0.29) is 0 Å². The molecule has 0 aliphatic carbocycles. The van der Waals surface area contributed by atoms with E-state index in [2.05, 4.69) is 18.8 Å². The van der Waals surface area contributed by atoms with Gasteiger partial charge in [0.05, 0.1) is 0 Å². The Balaban J connectivity index is 2.54. The fraction of sp³-hybridized carbons (Fsp3) is 0.909. The van der Waals surface area contributed by atoms with Gasteiger partial charge in [0.25, 0.3) is 0 Å². The molecular weight excluding hydrogens is 206 g/mol. The topological polar surface area (TPSA) is 41.6 Å². The summed E-state index contributed by atoms with van der Waals surface area (Å²) in [7, 11) is 0. The fourth-order valence-corrected chi connectivity index (χ4v) is 2.66. The Hall–Kier alpha value is -0.220. The van der Waals surface area contributed by atoms with E-state index in [1.54, 1.807) is 0 Å². The second-order valence-corrected chi connectivity index (χ2v) is 5.38. The lowest BCUT2D eigenvalue weighted by Crippen LogP contribution is -2.37. The summed E-state index contributed by atoms with van der Waals surface area (Å²) in [6, 6.07) is 0.335. The highest BCUT2D eigenvalue weighted by atomic mass is 32.2. The normalized spacial score (nSPS) is 23.5. The summed E-state index contributed by atoms with van der Waals surface area (Å²) in [6.45, 7) is 5.14. The summed E-state index contributed by atoms with van der Waals surface area (Å²) in [5, 5.41) is 2.85. The van der Waals surface area contributed by atoms with Crippen molar-refractivity contribution in [2.75, 3.05) is 12.3 Å². The van der Waals surface area contributed by atoms with Crippen molar-refractivity contribution in [2.24, 2.45) is 10.8 Å². The van der Waals surface area contributed by atoms with Gasteiger partial charge in [0.2, 0.25) is 0 Å². The average Bonchev–Trinajstić information content (AvgIpc) is 2.19. The molecule has 0 aromatic heterocycles. The quantitative estimate of drug-likeness (QED) is 0.703. The highest BCUT2D eigenvalue weighted by Gasteiger charge is 2.10. The van der Waals surface area contributed by atoms with Gasteiger partial charge in [-0.15, -0.1) is 0 Å². The van der Waals surface area contributed by atoms with Crippen LogP contribution in [0.3, 0.4) is 0 Å². The van der Waals surface area contributed by atoms with E-state index in [1.807, 2.05) is 16.8 Å². The molecule has 0 saturated carbocycles. The fourth-order valence-electron chi connectivity index (χ4n) is 1.59. The second-order valence-electron chi connectivity index (χ2n) is 4.32. The van der Waals surface area contributed by atoms with E-state index in [9.17, 15) is 0 Å². The van der Waals surface area contributed by atoms with Crippen LogP contribution in [-0.2, 0) is 0 Å². The molecule has 0 amide bonds. The molecule has 0 aromatic carbocycles. The van der Waals surface area contributed by atoms with Crippen LogP contribution in [0.2, 0.25) is 0 Å². The SMILES string of the molecule is CC(C)N=C1SCCCCCCCN1N. The predicted octanol–water partition coefficient (Wildman–Crippen LogP) is 2.62. The lowest BCUT2D eigenvalue weighted by molar-refractivity contribution is 0.420. The molecule has 0 atom stereocenters. The Morgan fingerprint density at radius 1 is 1.20 bits per heavy atom. The minimum atomic E-state index is 0.335. The Morgan fingerprint density at radius 3 is 2.60 bits per heavy atom. The predicted molar refractivity (Wildman–Crippen MR) is 69.0 cm³/mol. The highest BCUT2D eigenvalue weighted by molar-refractivity contribution is 8.13. The first-order valence-corrected chi connectivity index (χ1v) is 6.91. The third-order valence-electron chi connectivity index (χ3n) is 2.39. The molecule has 0 radical (unpaired) electrons. The van der Waals surface area contributed by atoms with Crippen LogP contribution in [0.15, 0.2) is 4.99 Å². The number of rotatable bonds is 1. The largest absolute Gasteiger partial charge is 0.290 e. The molecule has 1 aliphatic rings. The van der Waals surface area contributed by atoms with E-state index < -0.39 is 0 Å². The molecular formula is C11H23N3S. The maximum Gasteiger partial charge on any atom is 0.173 e. The molecule has 0 bridgehead atoms. The van der Waals surface area contributed by atoms with Gasteiger partial charge in [0, 0.05) is 18.3 Å². The van der Waals surface area contributed by atoms with Crippen molar-refractivity contribution >= 4 is 16.9 Å². The van der Waals surface area contributed by atoms with Crippen LogP contribution < -0.4 is 5.84 Å². The standard InChI is InChI=1S/C11H23N3S/c1-10(2)13-11-14(12)8-6-4-3-5-7-9-15-11/h10H,3-9,12H2,1-2H3. The molecule has 0 unspecified atom stereocenters. The summed E-state index contributed by atoms with van der Waals surface area (Å²) >= 11 is 1.81. The Labute approximate surface area is 97.5 Å². The minimum Gasteiger partial charge on any atom is -0.290 e. The van der Waals surface area contributed by atoms with Gasteiger partial charge < -0.3 is 0 Å². The highest BCUT2D eigenvalue weighted by Crippen LogP contribution is 2.15. The first-order valence-electron chi connectivity index (χ1n) is 5.93. The summed E-state index contributed by atoms with van der Waals surface area (Å²) in [5.41, 5.74) is 0. The zero-order chi connectivity index (χ0) is 11.1.